The van der Waals surface area contributed by atoms with Crippen LogP contribution >= 0.6 is 0 Å². The van der Waals surface area contributed by atoms with E-state index in [1.807, 2.05) is 13.8 Å². The molecule has 124 valence electrons. The Labute approximate surface area is 135 Å². The summed E-state index contributed by atoms with van der Waals surface area (Å²) in [6.45, 7) is 3.84. The molecular formula is C17H21NO5. The highest BCUT2D eigenvalue weighted by molar-refractivity contribution is 6.04. The van der Waals surface area contributed by atoms with Crippen molar-refractivity contribution in [3.8, 4) is 5.75 Å². The molecule has 0 radical (unpaired) electrons. The second kappa shape index (κ2) is 7.76. The number of rotatable bonds is 7. The number of hydrogen-bond donors (Lipinski definition) is 0. The van der Waals surface area contributed by atoms with Gasteiger partial charge in [0.1, 0.15) is 12.3 Å². The normalized spacial score (nSPS) is 13.3. The van der Waals surface area contributed by atoms with Gasteiger partial charge >= 0.3 is 5.97 Å². The van der Waals surface area contributed by atoms with Gasteiger partial charge in [0.15, 0.2) is 12.4 Å². The van der Waals surface area contributed by atoms with Crippen molar-refractivity contribution in [2.75, 3.05) is 24.7 Å². The summed E-state index contributed by atoms with van der Waals surface area (Å²) >= 11 is 0. The summed E-state index contributed by atoms with van der Waals surface area (Å²) in [5, 5.41) is 0. The fourth-order valence-electron chi connectivity index (χ4n) is 2.31. The molecule has 0 saturated heterocycles. The molecule has 1 aromatic carbocycles. The molecule has 0 unspecified atom stereocenters. The number of carbonyl (C=O) groups excluding carboxylic acids is 3. The number of carbonyl (C=O) groups is 3. The van der Waals surface area contributed by atoms with E-state index in [1.165, 1.54) is 4.90 Å². The van der Waals surface area contributed by atoms with Crippen LogP contribution in [0.4, 0.5) is 5.69 Å². The first kappa shape index (κ1) is 17.0. The first-order valence-corrected chi connectivity index (χ1v) is 7.82. The Hall–Kier alpha value is -2.37. The number of anilines is 1. The number of nitrogens with zero attached hydrogens (tertiary/aromatic N) is 1. The van der Waals surface area contributed by atoms with Crippen LogP contribution in [0.3, 0.4) is 0 Å². The minimum Gasteiger partial charge on any atom is -0.482 e. The number of hydrogen-bond acceptors (Lipinski definition) is 5. The molecule has 0 atom stereocenters. The smallest absolute Gasteiger partial charge is 0.326 e. The Bertz CT molecular complexity index is 611. The molecule has 1 aliphatic heterocycles. The summed E-state index contributed by atoms with van der Waals surface area (Å²) < 4.78 is 10.4. The van der Waals surface area contributed by atoms with Crippen LogP contribution in [-0.4, -0.2) is 37.4 Å². The molecule has 6 heteroatoms. The predicted molar refractivity (Wildman–Crippen MR) is 84.8 cm³/mol. The van der Waals surface area contributed by atoms with E-state index in [1.54, 1.807) is 18.2 Å². The molecule has 23 heavy (non-hydrogen) atoms. The molecule has 0 spiro atoms. The van der Waals surface area contributed by atoms with Crippen molar-refractivity contribution < 1.29 is 23.9 Å². The SMILES string of the molecule is CCCOC(=O)CN1C(=O)COc2ccc(C(=O)CCC)cc21. The molecule has 0 fully saturated rings. The van der Waals surface area contributed by atoms with Gasteiger partial charge in [-0.2, -0.15) is 0 Å². The van der Waals surface area contributed by atoms with Crippen LogP contribution < -0.4 is 9.64 Å². The van der Waals surface area contributed by atoms with Crippen molar-refractivity contribution in [1.29, 1.82) is 0 Å². The van der Waals surface area contributed by atoms with Crippen molar-refractivity contribution in [2.45, 2.75) is 33.1 Å². The van der Waals surface area contributed by atoms with Gasteiger partial charge < -0.3 is 9.47 Å². The Kier molecular flexibility index (Phi) is 5.73. The lowest BCUT2D eigenvalue weighted by atomic mass is 10.0. The number of amides is 1. The third-order valence-electron chi connectivity index (χ3n) is 3.46. The summed E-state index contributed by atoms with van der Waals surface area (Å²) in [7, 11) is 0. The molecule has 0 bridgehead atoms. The van der Waals surface area contributed by atoms with Gasteiger partial charge in [-0.15, -0.1) is 0 Å². The number of ketones is 1. The first-order valence-electron chi connectivity index (χ1n) is 7.82. The van der Waals surface area contributed by atoms with E-state index in [9.17, 15) is 14.4 Å². The summed E-state index contributed by atoms with van der Waals surface area (Å²) in [5.41, 5.74) is 0.951. The zero-order valence-electron chi connectivity index (χ0n) is 13.5. The van der Waals surface area contributed by atoms with Crippen LogP contribution in [0.25, 0.3) is 0 Å². The second-order valence-electron chi connectivity index (χ2n) is 5.34. The molecule has 1 amide bonds. The number of benzene rings is 1. The fourth-order valence-corrected chi connectivity index (χ4v) is 2.31. The maximum Gasteiger partial charge on any atom is 0.326 e. The molecule has 1 aliphatic rings. The minimum atomic E-state index is -0.474. The van der Waals surface area contributed by atoms with Gasteiger partial charge in [0.25, 0.3) is 5.91 Å². The lowest BCUT2D eigenvalue weighted by molar-refractivity contribution is -0.143. The zero-order chi connectivity index (χ0) is 16.8. The fraction of sp³-hybridized carbons (Fsp3) is 0.471. The maximum absolute atomic E-state index is 12.1. The number of Topliss-reactive ketones (excluding diaryl/α,β-unsaturated/α-hetero) is 1. The van der Waals surface area contributed by atoms with E-state index in [2.05, 4.69) is 0 Å². The van der Waals surface area contributed by atoms with E-state index in [0.717, 1.165) is 12.8 Å². The largest absolute Gasteiger partial charge is 0.482 e. The monoisotopic (exact) mass is 319 g/mol. The van der Waals surface area contributed by atoms with Gasteiger partial charge in [0, 0.05) is 12.0 Å². The van der Waals surface area contributed by atoms with Crippen molar-refractivity contribution in [1.82, 2.24) is 0 Å². The topological polar surface area (TPSA) is 72.9 Å². The first-order chi connectivity index (χ1) is 11.1. The molecule has 2 rings (SSSR count). The average molecular weight is 319 g/mol. The van der Waals surface area contributed by atoms with Gasteiger partial charge in [0.2, 0.25) is 0 Å². The molecule has 1 heterocycles. The van der Waals surface area contributed by atoms with Crippen LogP contribution in [0.5, 0.6) is 5.75 Å². The van der Waals surface area contributed by atoms with E-state index in [-0.39, 0.29) is 24.8 Å². The summed E-state index contributed by atoms with van der Waals surface area (Å²) in [5.74, 6) is -0.313. The van der Waals surface area contributed by atoms with E-state index in [0.29, 0.717) is 30.0 Å². The van der Waals surface area contributed by atoms with Crippen LogP contribution in [0.1, 0.15) is 43.5 Å². The van der Waals surface area contributed by atoms with Gasteiger partial charge in [-0.1, -0.05) is 13.8 Å². The summed E-state index contributed by atoms with van der Waals surface area (Å²) in [6, 6.07) is 4.95. The summed E-state index contributed by atoms with van der Waals surface area (Å²) in [4.78, 5) is 37.3. The molecule has 0 aliphatic carbocycles. The van der Waals surface area contributed by atoms with Crippen molar-refractivity contribution in [3.63, 3.8) is 0 Å². The van der Waals surface area contributed by atoms with E-state index < -0.39 is 5.97 Å². The lowest BCUT2D eigenvalue weighted by Crippen LogP contribution is -2.42. The average Bonchev–Trinajstić information content (AvgIpc) is 2.55. The predicted octanol–water partition coefficient (Wildman–Crippen LogP) is 2.35. The molecule has 1 aromatic rings. The Morgan fingerprint density at radius 2 is 2.04 bits per heavy atom. The molecule has 0 aromatic heterocycles. The van der Waals surface area contributed by atoms with Crippen LogP contribution in [0.15, 0.2) is 18.2 Å². The molecular weight excluding hydrogens is 298 g/mol. The maximum atomic E-state index is 12.1. The molecule has 6 nitrogen and oxygen atoms in total. The highest BCUT2D eigenvalue weighted by Gasteiger charge is 2.28. The highest BCUT2D eigenvalue weighted by Crippen LogP contribution is 2.33. The van der Waals surface area contributed by atoms with Gasteiger partial charge in [0.05, 0.1) is 12.3 Å². The molecule has 0 N–H and O–H groups in total. The van der Waals surface area contributed by atoms with Crippen LogP contribution in [0, 0.1) is 0 Å². The second-order valence-corrected chi connectivity index (χ2v) is 5.34. The number of esters is 1. The van der Waals surface area contributed by atoms with Crippen LogP contribution in [-0.2, 0) is 14.3 Å². The standard InChI is InChI=1S/C17H21NO5/c1-3-5-14(19)12-6-7-15-13(9-12)18(16(20)11-23-15)10-17(21)22-8-4-2/h6-7,9H,3-5,8,10-11H2,1-2H3. The number of ether oxygens (including phenoxy) is 2. The van der Waals surface area contributed by atoms with Gasteiger partial charge in [-0.25, -0.2) is 0 Å². The third kappa shape index (κ3) is 4.09. The lowest BCUT2D eigenvalue weighted by Gasteiger charge is -2.29. The quantitative estimate of drug-likeness (QED) is 0.570. The van der Waals surface area contributed by atoms with Gasteiger partial charge in [-0.3, -0.25) is 19.3 Å². The minimum absolute atomic E-state index is 0.00170. The van der Waals surface area contributed by atoms with Crippen molar-refractivity contribution in [3.05, 3.63) is 23.8 Å². The van der Waals surface area contributed by atoms with E-state index >= 15 is 0 Å². The van der Waals surface area contributed by atoms with Crippen molar-refractivity contribution in [2.24, 2.45) is 0 Å². The van der Waals surface area contributed by atoms with Crippen molar-refractivity contribution >= 4 is 23.3 Å². The highest BCUT2D eigenvalue weighted by atomic mass is 16.5. The van der Waals surface area contributed by atoms with Gasteiger partial charge in [-0.05, 0) is 31.0 Å². The zero-order valence-corrected chi connectivity index (χ0v) is 13.5. The van der Waals surface area contributed by atoms with E-state index in [4.69, 9.17) is 9.47 Å². The molecule has 0 saturated carbocycles. The Balaban J connectivity index is 2.24. The van der Waals surface area contributed by atoms with Crippen LogP contribution in [0.2, 0.25) is 0 Å². The Morgan fingerprint density at radius 3 is 2.74 bits per heavy atom. The summed E-state index contributed by atoms with van der Waals surface area (Å²) in [6.07, 6.45) is 1.90. The Morgan fingerprint density at radius 1 is 1.26 bits per heavy atom. The number of fused-ring (bicyclic) bond motifs is 1. The third-order valence-corrected chi connectivity index (χ3v) is 3.46.